The Morgan fingerprint density at radius 3 is 2.55 bits per heavy atom. The van der Waals surface area contributed by atoms with Gasteiger partial charge in [-0.25, -0.2) is 17.5 Å². The summed E-state index contributed by atoms with van der Waals surface area (Å²) in [6.45, 7) is 4.99. The molecule has 0 atom stereocenters. The zero-order valence-corrected chi connectivity index (χ0v) is 13.1. The van der Waals surface area contributed by atoms with Crippen LogP contribution in [0.2, 0.25) is 0 Å². The van der Waals surface area contributed by atoms with E-state index in [1.807, 2.05) is 0 Å². The van der Waals surface area contributed by atoms with Crippen molar-refractivity contribution in [2.45, 2.75) is 38.1 Å². The van der Waals surface area contributed by atoms with Crippen molar-refractivity contribution in [3.63, 3.8) is 0 Å². The molecule has 1 aromatic carbocycles. The highest BCUT2D eigenvalue weighted by molar-refractivity contribution is 7.89. The van der Waals surface area contributed by atoms with Gasteiger partial charge in [0.25, 0.3) is 0 Å². The van der Waals surface area contributed by atoms with Gasteiger partial charge in [-0.1, -0.05) is 19.9 Å². The molecule has 4 nitrogen and oxygen atoms in total. The number of benzene rings is 1. The molecule has 0 saturated carbocycles. The van der Waals surface area contributed by atoms with Crippen LogP contribution >= 0.6 is 0 Å². The number of nitrogens with one attached hydrogen (secondary N) is 2. The Labute approximate surface area is 120 Å². The summed E-state index contributed by atoms with van der Waals surface area (Å²) in [7, 11) is -2.02. The molecule has 114 valence electrons. The van der Waals surface area contributed by atoms with Gasteiger partial charge in [0.15, 0.2) is 0 Å². The lowest BCUT2D eigenvalue weighted by Gasteiger charge is -2.10. The third kappa shape index (κ3) is 5.19. The summed E-state index contributed by atoms with van der Waals surface area (Å²) in [4.78, 5) is -0.290. The largest absolute Gasteiger partial charge is 0.316 e. The summed E-state index contributed by atoms with van der Waals surface area (Å²) in [6.07, 6.45) is 1.68. The van der Waals surface area contributed by atoms with Crippen LogP contribution in [0.25, 0.3) is 0 Å². The Hall–Kier alpha value is -0.980. The summed E-state index contributed by atoms with van der Waals surface area (Å²) < 4.78 is 40.3. The van der Waals surface area contributed by atoms with Gasteiger partial charge in [0.2, 0.25) is 10.0 Å². The predicted octanol–water partition coefficient (Wildman–Crippen LogP) is 2.26. The molecule has 20 heavy (non-hydrogen) atoms. The predicted molar refractivity (Wildman–Crippen MR) is 78.4 cm³/mol. The lowest BCUT2D eigenvalue weighted by molar-refractivity contribution is 0.533. The van der Waals surface area contributed by atoms with Crippen molar-refractivity contribution in [3.05, 3.63) is 29.6 Å². The van der Waals surface area contributed by atoms with E-state index in [9.17, 15) is 12.8 Å². The molecule has 0 fully saturated rings. The molecule has 0 aliphatic heterocycles. The monoisotopic (exact) mass is 302 g/mol. The molecule has 0 aliphatic carbocycles. The van der Waals surface area contributed by atoms with E-state index < -0.39 is 15.8 Å². The zero-order chi connectivity index (χ0) is 15.2. The molecule has 0 aliphatic rings. The fourth-order valence-electron chi connectivity index (χ4n) is 1.87. The molecule has 2 N–H and O–H groups in total. The van der Waals surface area contributed by atoms with Crippen molar-refractivity contribution in [3.8, 4) is 0 Å². The minimum Gasteiger partial charge on any atom is -0.316 e. The molecule has 1 rings (SSSR count). The highest BCUT2D eigenvalue weighted by Crippen LogP contribution is 2.16. The van der Waals surface area contributed by atoms with Crippen molar-refractivity contribution >= 4 is 10.0 Å². The Balaban J connectivity index is 2.72. The Bertz CT molecular complexity index is 530. The third-order valence-electron chi connectivity index (χ3n) is 2.92. The average Bonchev–Trinajstić information content (AvgIpc) is 2.34. The van der Waals surface area contributed by atoms with Gasteiger partial charge < -0.3 is 5.32 Å². The maximum atomic E-state index is 13.9. The van der Waals surface area contributed by atoms with Crippen LogP contribution in [-0.4, -0.2) is 22.0 Å². The van der Waals surface area contributed by atoms with Crippen LogP contribution in [-0.2, 0) is 16.6 Å². The van der Waals surface area contributed by atoms with Gasteiger partial charge in [0.05, 0.1) is 0 Å². The van der Waals surface area contributed by atoms with E-state index in [-0.39, 0.29) is 4.90 Å². The number of hydrogen-bond acceptors (Lipinski definition) is 3. The third-order valence-corrected chi connectivity index (χ3v) is 4.41. The summed E-state index contributed by atoms with van der Waals surface area (Å²) in [5, 5.41) is 2.89. The first kappa shape index (κ1) is 17.1. The Morgan fingerprint density at radius 2 is 2.00 bits per heavy atom. The molecule has 0 spiro atoms. The molecule has 0 saturated heterocycles. The van der Waals surface area contributed by atoms with Crippen molar-refractivity contribution in [2.75, 3.05) is 13.6 Å². The number of rotatable bonds is 8. The van der Waals surface area contributed by atoms with E-state index in [0.29, 0.717) is 24.6 Å². The number of hydrogen-bond donors (Lipinski definition) is 2. The van der Waals surface area contributed by atoms with Gasteiger partial charge in [0, 0.05) is 13.1 Å². The van der Waals surface area contributed by atoms with Crippen LogP contribution in [0.1, 0.15) is 32.3 Å². The normalized spacial score (nSPS) is 12.1. The van der Waals surface area contributed by atoms with E-state index in [0.717, 1.165) is 12.8 Å². The second-order valence-electron chi connectivity index (χ2n) is 5.23. The minimum absolute atomic E-state index is 0.290. The fraction of sp³-hybridized carbons (Fsp3) is 0.571. The molecule has 0 heterocycles. The lowest BCUT2D eigenvalue weighted by Crippen LogP contribution is -2.26. The van der Waals surface area contributed by atoms with Gasteiger partial charge in [-0.2, -0.15) is 0 Å². The van der Waals surface area contributed by atoms with Gasteiger partial charge in [0.1, 0.15) is 10.7 Å². The van der Waals surface area contributed by atoms with E-state index in [1.165, 1.54) is 12.1 Å². The molecular weight excluding hydrogens is 279 g/mol. The maximum absolute atomic E-state index is 13.9. The van der Waals surface area contributed by atoms with Crippen LogP contribution < -0.4 is 10.0 Å². The second kappa shape index (κ2) is 7.71. The summed E-state index contributed by atoms with van der Waals surface area (Å²) in [5.74, 6) is -0.189. The summed E-state index contributed by atoms with van der Waals surface area (Å²) in [5.41, 5.74) is 0.712. The van der Waals surface area contributed by atoms with Gasteiger partial charge in [-0.05, 0) is 43.5 Å². The standard InChI is InChI=1S/C14H23FN2O2S/c1-11(2)5-4-8-17-20(18,19)14-7-6-12(10-16-3)9-13(14)15/h6-7,9,11,16-17H,4-5,8,10H2,1-3H3. The Kier molecular flexibility index (Phi) is 6.58. The zero-order valence-electron chi connectivity index (χ0n) is 12.2. The SMILES string of the molecule is CNCc1ccc(S(=O)(=O)NCCCC(C)C)c(F)c1. The van der Waals surface area contributed by atoms with Crippen molar-refractivity contribution in [1.29, 1.82) is 0 Å². The molecular formula is C14H23FN2O2S. The topological polar surface area (TPSA) is 58.2 Å². The number of halogens is 1. The average molecular weight is 302 g/mol. The highest BCUT2D eigenvalue weighted by Gasteiger charge is 2.18. The maximum Gasteiger partial charge on any atom is 0.243 e. The molecule has 0 amide bonds. The second-order valence-corrected chi connectivity index (χ2v) is 6.96. The van der Waals surface area contributed by atoms with Crippen molar-refractivity contribution < 1.29 is 12.8 Å². The van der Waals surface area contributed by atoms with Crippen LogP contribution in [0, 0.1) is 11.7 Å². The van der Waals surface area contributed by atoms with E-state index in [2.05, 4.69) is 23.9 Å². The molecule has 0 bridgehead atoms. The lowest BCUT2D eigenvalue weighted by atomic mass is 10.1. The molecule has 1 aromatic rings. The first-order valence-corrected chi connectivity index (χ1v) is 8.28. The van der Waals surface area contributed by atoms with Crippen LogP contribution in [0.3, 0.4) is 0 Å². The summed E-state index contributed by atoms with van der Waals surface area (Å²) >= 11 is 0. The van der Waals surface area contributed by atoms with E-state index in [1.54, 1.807) is 13.1 Å². The molecule has 0 aromatic heterocycles. The smallest absolute Gasteiger partial charge is 0.243 e. The van der Waals surface area contributed by atoms with Gasteiger partial charge in [-0.15, -0.1) is 0 Å². The quantitative estimate of drug-likeness (QED) is 0.724. The van der Waals surface area contributed by atoms with Crippen molar-refractivity contribution in [1.82, 2.24) is 10.0 Å². The van der Waals surface area contributed by atoms with Gasteiger partial charge in [-0.3, -0.25) is 0 Å². The van der Waals surface area contributed by atoms with E-state index in [4.69, 9.17) is 0 Å². The van der Waals surface area contributed by atoms with Crippen LogP contribution in [0.4, 0.5) is 4.39 Å². The van der Waals surface area contributed by atoms with Crippen molar-refractivity contribution in [2.24, 2.45) is 5.92 Å². The van der Waals surface area contributed by atoms with Gasteiger partial charge >= 0.3 is 0 Å². The molecule has 6 heteroatoms. The molecule has 0 unspecified atom stereocenters. The minimum atomic E-state index is -3.77. The highest BCUT2D eigenvalue weighted by atomic mass is 32.2. The van der Waals surface area contributed by atoms with E-state index >= 15 is 0 Å². The van der Waals surface area contributed by atoms with Crippen LogP contribution in [0.15, 0.2) is 23.1 Å². The first-order valence-electron chi connectivity index (χ1n) is 6.79. The fourth-order valence-corrected chi connectivity index (χ4v) is 3.00. The first-order chi connectivity index (χ1) is 9.36. The summed E-state index contributed by atoms with van der Waals surface area (Å²) in [6, 6.07) is 4.17. The van der Waals surface area contributed by atoms with Crippen LogP contribution in [0.5, 0.6) is 0 Å². The Morgan fingerprint density at radius 1 is 1.30 bits per heavy atom. The molecule has 0 radical (unpaired) electrons. The number of sulfonamides is 1.